The van der Waals surface area contributed by atoms with E-state index in [1.807, 2.05) is 0 Å². The van der Waals surface area contributed by atoms with E-state index in [1.165, 1.54) is 11.1 Å². The molecule has 1 aliphatic rings. The lowest BCUT2D eigenvalue weighted by Gasteiger charge is -2.21. The predicted octanol–water partition coefficient (Wildman–Crippen LogP) is 2.60. The van der Waals surface area contributed by atoms with E-state index in [4.69, 9.17) is 0 Å². The van der Waals surface area contributed by atoms with Gasteiger partial charge in [0.05, 0.1) is 12.2 Å². The van der Waals surface area contributed by atoms with E-state index in [9.17, 15) is 4.79 Å². The molecular weight excluding hydrogens is 242 g/mol. The van der Waals surface area contributed by atoms with Crippen LogP contribution in [0.5, 0.6) is 0 Å². The van der Waals surface area contributed by atoms with Gasteiger partial charge >= 0.3 is 0 Å². The summed E-state index contributed by atoms with van der Waals surface area (Å²) in [5.74, 6) is 0.257. The van der Waals surface area contributed by atoms with Gasteiger partial charge in [0.2, 0.25) is 0 Å². The second-order valence-electron chi connectivity index (χ2n) is 3.74. The molecule has 3 heteroatoms. The van der Waals surface area contributed by atoms with Gasteiger partial charge < -0.3 is 5.32 Å². The van der Waals surface area contributed by atoms with Gasteiger partial charge in [-0.3, -0.25) is 4.79 Å². The Balaban J connectivity index is 2.59. The molecule has 14 heavy (non-hydrogen) atoms. The molecule has 0 amide bonds. The van der Waals surface area contributed by atoms with Crippen LogP contribution in [-0.4, -0.2) is 12.3 Å². The first kappa shape index (κ1) is 9.71. The molecule has 0 spiro atoms. The summed E-state index contributed by atoms with van der Waals surface area (Å²) in [5, 5.41) is 3.15. The molecule has 0 aromatic heterocycles. The van der Waals surface area contributed by atoms with Crippen LogP contribution in [0.3, 0.4) is 0 Å². The topological polar surface area (TPSA) is 29.1 Å². The minimum absolute atomic E-state index is 0.257. The highest BCUT2D eigenvalue weighted by Gasteiger charge is 2.19. The fourth-order valence-corrected chi connectivity index (χ4v) is 2.44. The van der Waals surface area contributed by atoms with Gasteiger partial charge in [-0.15, -0.1) is 0 Å². The summed E-state index contributed by atoms with van der Waals surface area (Å²) in [6, 6.07) is 2.10. The van der Waals surface area contributed by atoms with Crippen molar-refractivity contribution in [3.05, 3.63) is 27.2 Å². The van der Waals surface area contributed by atoms with Gasteiger partial charge in [-0.25, -0.2) is 0 Å². The van der Waals surface area contributed by atoms with Gasteiger partial charge in [0.1, 0.15) is 0 Å². The third kappa shape index (κ3) is 1.46. The smallest absolute Gasteiger partial charge is 0.156 e. The number of hydrogen-bond donors (Lipinski definition) is 1. The van der Waals surface area contributed by atoms with Crippen LogP contribution in [0, 0.1) is 13.8 Å². The summed E-state index contributed by atoms with van der Waals surface area (Å²) < 4.78 is 1.10. The molecule has 74 valence electrons. The van der Waals surface area contributed by atoms with Crippen LogP contribution in [0.1, 0.15) is 16.7 Å². The normalized spacial score (nSPS) is 14.9. The van der Waals surface area contributed by atoms with Crippen molar-refractivity contribution in [3.8, 4) is 0 Å². The van der Waals surface area contributed by atoms with Gasteiger partial charge in [-0.2, -0.15) is 0 Å². The highest BCUT2D eigenvalue weighted by atomic mass is 79.9. The van der Waals surface area contributed by atoms with Crippen LogP contribution in [0.2, 0.25) is 0 Å². The van der Waals surface area contributed by atoms with Crippen molar-refractivity contribution in [1.82, 2.24) is 0 Å². The number of carbonyl (C=O) groups excluding carboxylic acids is 1. The van der Waals surface area contributed by atoms with Gasteiger partial charge in [-0.1, -0.05) is 6.07 Å². The van der Waals surface area contributed by atoms with Crippen molar-refractivity contribution in [2.45, 2.75) is 20.3 Å². The van der Waals surface area contributed by atoms with Gasteiger partial charge in [-0.05, 0) is 46.5 Å². The molecule has 1 aromatic rings. The number of rotatable bonds is 0. The lowest BCUT2D eigenvalue weighted by Crippen LogP contribution is -2.23. The van der Waals surface area contributed by atoms with Crippen molar-refractivity contribution in [2.75, 3.05) is 11.9 Å². The summed E-state index contributed by atoms with van der Waals surface area (Å²) in [4.78, 5) is 11.3. The molecular formula is C11H12BrNO. The molecule has 0 radical (unpaired) electrons. The Labute approximate surface area is 91.8 Å². The van der Waals surface area contributed by atoms with Gasteiger partial charge in [0.15, 0.2) is 5.78 Å². The predicted molar refractivity (Wildman–Crippen MR) is 60.8 cm³/mol. The average Bonchev–Trinajstić information content (AvgIpc) is 2.14. The second-order valence-corrected chi connectivity index (χ2v) is 4.53. The minimum atomic E-state index is 0.257. The number of hydrogen-bond acceptors (Lipinski definition) is 2. The molecule has 1 aliphatic heterocycles. The Hall–Kier alpha value is -0.830. The number of carbonyl (C=O) groups is 1. The molecule has 0 bridgehead atoms. The summed E-state index contributed by atoms with van der Waals surface area (Å²) in [6.07, 6.45) is 0.558. The van der Waals surface area contributed by atoms with Crippen LogP contribution < -0.4 is 5.32 Å². The first-order valence-electron chi connectivity index (χ1n) is 4.63. The Morgan fingerprint density at radius 3 is 2.86 bits per heavy atom. The maximum Gasteiger partial charge on any atom is 0.156 e. The maximum absolute atomic E-state index is 11.3. The number of fused-ring (bicyclic) bond motifs is 1. The van der Waals surface area contributed by atoms with Crippen molar-refractivity contribution in [3.63, 3.8) is 0 Å². The third-order valence-electron chi connectivity index (χ3n) is 2.70. The fraction of sp³-hybridized carbons (Fsp3) is 0.364. The molecule has 2 nitrogen and oxygen atoms in total. The number of Topliss-reactive ketones (excluding diaryl/α,β-unsaturated/α-hetero) is 1. The zero-order valence-corrected chi connectivity index (χ0v) is 9.86. The van der Waals surface area contributed by atoms with Gasteiger partial charge in [0.25, 0.3) is 0 Å². The number of benzene rings is 1. The number of anilines is 1. The lowest BCUT2D eigenvalue weighted by atomic mass is 9.97. The average molecular weight is 254 g/mol. The Kier molecular flexibility index (Phi) is 2.35. The van der Waals surface area contributed by atoms with Crippen LogP contribution in [0.25, 0.3) is 0 Å². The van der Waals surface area contributed by atoms with E-state index in [2.05, 4.69) is 41.2 Å². The number of ketones is 1. The molecule has 1 aromatic carbocycles. The lowest BCUT2D eigenvalue weighted by molar-refractivity contribution is -0.117. The Morgan fingerprint density at radius 1 is 1.43 bits per heavy atom. The molecule has 0 fully saturated rings. The van der Waals surface area contributed by atoms with Gasteiger partial charge in [0, 0.05) is 10.9 Å². The van der Waals surface area contributed by atoms with Crippen molar-refractivity contribution >= 4 is 27.4 Å². The zero-order chi connectivity index (χ0) is 10.3. The molecule has 0 saturated carbocycles. The molecule has 1 N–H and O–H groups in total. The highest BCUT2D eigenvalue weighted by molar-refractivity contribution is 9.10. The molecule has 0 unspecified atom stereocenters. The summed E-state index contributed by atoms with van der Waals surface area (Å²) in [6.45, 7) is 4.60. The van der Waals surface area contributed by atoms with Crippen molar-refractivity contribution in [2.24, 2.45) is 0 Å². The first-order chi connectivity index (χ1) is 6.59. The largest absolute Gasteiger partial charge is 0.377 e. The number of nitrogens with one attached hydrogen (secondary N) is 1. The molecule has 0 saturated heterocycles. The number of halogens is 1. The second kappa shape index (κ2) is 3.39. The summed E-state index contributed by atoms with van der Waals surface area (Å²) in [5.41, 5.74) is 4.67. The number of aryl methyl sites for hydroxylation is 1. The zero-order valence-electron chi connectivity index (χ0n) is 8.28. The van der Waals surface area contributed by atoms with Crippen molar-refractivity contribution in [1.29, 1.82) is 0 Å². The van der Waals surface area contributed by atoms with E-state index in [-0.39, 0.29) is 5.78 Å². The monoisotopic (exact) mass is 253 g/mol. The maximum atomic E-state index is 11.3. The van der Waals surface area contributed by atoms with E-state index in [1.54, 1.807) is 0 Å². The van der Waals surface area contributed by atoms with E-state index >= 15 is 0 Å². The van der Waals surface area contributed by atoms with Crippen LogP contribution in [-0.2, 0) is 11.2 Å². The van der Waals surface area contributed by atoms with E-state index in [0.717, 1.165) is 15.7 Å². The SMILES string of the molecule is Cc1cc2c(c(Br)c1C)NCC(=O)C2. The quantitative estimate of drug-likeness (QED) is 0.771. The van der Waals surface area contributed by atoms with Crippen LogP contribution >= 0.6 is 15.9 Å². The third-order valence-corrected chi connectivity index (χ3v) is 3.69. The Bertz CT molecular complexity index is 412. The molecule has 2 rings (SSSR count). The first-order valence-corrected chi connectivity index (χ1v) is 5.43. The van der Waals surface area contributed by atoms with E-state index in [0.29, 0.717) is 13.0 Å². The fourth-order valence-electron chi connectivity index (χ4n) is 1.74. The standard InChI is InChI=1S/C11H12BrNO/c1-6-3-8-4-9(14)5-13-11(8)10(12)7(6)2/h3,13H,4-5H2,1-2H3. The van der Waals surface area contributed by atoms with Crippen molar-refractivity contribution < 1.29 is 4.79 Å². The minimum Gasteiger partial charge on any atom is -0.377 e. The Morgan fingerprint density at radius 2 is 2.14 bits per heavy atom. The molecule has 0 atom stereocenters. The van der Waals surface area contributed by atoms with Crippen LogP contribution in [0.4, 0.5) is 5.69 Å². The van der Waals surface area contributed by atoms with Crippen LogP contribution in [0.15, 0.2) is 10.5 Å². The summed E-state index contributed by atoms with van der Waals surface area (Å²) >= 11 is 3.56. The summed E-state index contributed by atoms with van der Waals surface area (Å²) in [7, 11) is 0. The highest BCUT2D eigenvalue weighted by Crippen LogP contribution is 2.34. The van der Waals surface area contributed by atoms with E-state index < -0.39 is 0 Å². The molecule has 1 heterocycles. The molecule has 0 aliphatic carbocycles.